The average molecular weight is 422 g/mol. The lowest BCUT2D eigenvalue weighted by Crippen LogP contribution is -2.39. The molecule has 162 valence electrons. The fourth-order valence-corrected chi connectivity index (χ4v) is 4.01. The van der Waals surface area contributed by atoms with Crippen molar-refractivity contribution in [2.75, 3.05) is 20.8 Å². The lowest BCUT2D eigenvalue weighted by atomic mass is 9.94. The minimum atomic E-state index is -0.199. The molecule has 2 aromatic heterocycles. The van der Waals surface area contributed by atoms with Crippen molar-refractivity contribution in [2.45, 2.75) is 39.2 Å². The normalized spacial score (nSPS) is 16.3. The summed E-state index contributed by atoms with van der Waals surface area (Å²) in [6, 6.07) is 6.90. The van der Waals surface area contributed by atoms with E-state index in [0.29, 0.717) is 35.2 Å². The molecule has 0 spiro atoms. The zero-order chi connectivity index (χ0) is 22.0. The number of likely N-dealkylation sites (tertiary alicyclic amines) is 1. The molecule has 0 aliphatic carbocycles. The molecule has 8 heteroatoms. The highest BCUT2D eigenvalue weighted by Crippen LogP contribution is 2.38. The minimum absolute atomic E-state index is 0.0971. The van der Waals surface area contributed by atoms with Gasteiger partial charge in [0.25, 0.3) is 5.91 Å². The summed E-state index contributed by atoms with van der Waals surface area (Å²) in [7, 11) is 3.14. The van der Waals surface area contributed by atoms with E-state index >= 15 is 0 Å². The van der Waals surface area contributed by atoms with Gasteiger partial charge in [-0.2, -0.15) is 0 Å². The molecule has 8 nitrogen and oxygen atoms in total. The monoisotopic (exact) mass is 422 g/mol. The van der Waals surface area contributed by atoms with Crippen LogP contribution in [0.15, 0.2) is 35.0 Å². The van der Waals surface area contributed by atoms with Crippen LogP contribution in [0, 0.1) is 13.8 Å². The number of aromatic nitrogens is 3. The van der Waals surface area contributed by atoms with Crippen molar-refractivity contribution in [3.8, 4) is 22.8 Å². The number of aryl methyl sites for hydroxylation is 2. The molecule has 1 aliphatic rings. The Labute approximate surface area is 181 Å². The molecule has 1 aromatic carbocycles. The molecule has 3 heterocycles. The molecule has 0 radical (unpaired) electrons. The molecule has 1 fully saturated rings. The number of hydrogen-bond donors (Lipinski definition) is 0. The molecule has 4 rings (SSSR count). The number of benzene rings is 1. The maximum Gasteiger partial charge on any atom is 0.258 e. The van der Waals surface area contributed by atoms with Crippen LogP contribution in [0.25, 0.3) is 11.3 Å². The van der Waals surface area contributed by atoms with Gasteiger partial charge in [0.2, 0.25) is 0 Å². The first-order chi connectivity index (χ1) is 15.0. The molecule has 31 heavy (non-hydrogen) atoms. The standard InChI is InChI=1S/C23H26N4O4/c1-14-11-21(31-26-14)18-13-24-15(2)25-22(18)19-7-5-6-10-27(19)23(28)17-9-8-16(29-3)12-20(17)30-4/h8-9,11-13,19H,5-7,10H2,1-4H3/t19-/m1/s1. The average Bonchev–Trinajstić information content (AvgIpc) is 3.24. The Morgan fingerprint density at radius 1 is 1.16 bits per heavy atom. The number of piperidine rings is 1. The highest BCUT2D eigenvalue weighted by atomic mass is 16.5. The van der Waals surface area contributed by atoms with Gasteiger partial charge >= 0.3 is 0 Å². The van der Waals surface area contributed by atoms with E-state index in [0.717, 1.165) is 36.2 Å². The number of carbonyl (C=O) groups excluding carboxylic acids is 1. The van der Waals surface area contributed by atoms with E-state index in [-0.39, 0.29) is 11.9 Å². The minimum Gasteiger partial charge on any atom is -0.497 e. The van der Waals surface area contributed by atoms with Crippen molar-refractivity contribution in [1.82, 2.24) is 20.0 Å². The number of ether oxygens (including phenoxy) is 2. The molecule has 3 aromatic rings. The number of rotatable bonds is 5. The number of hydrogen-bond acceptors (Lipinski definition) is 7. The third-order valence-electron chi connectivity index (χ3n) is 5.55. The molecule has 1 saturated heterocycles. The third kappa shape index (κ3) is 4.10. The fraction of sp³-hybridized carbons (Fsp3) is 0.391. The Morgan fingerprint density at radius 3 is 2.71 bits per heavy atom. The van der Waals surface area contributed by atoms with E-state index < -0.39 is 0 Å². The quantitative estimate of drug-likeness (QED) is 0.610. The second kappa shape index (κ2) is 8.75. The highest BCUT2D eigenvalue weighted by molar-refractivity contribution is 5.97. The first-order valence-corrected chi connectivity index (χ1v) is 10.3. The van der Waals surface area contributed by atoms with Gasteiger partial charge < -0.3 is 18.9 Å². The van der Waals surface area contributed by atoms with E-state index in [1.54, 1.807) is 38.6 Å². The Hall–Kier alpha value is -3.42. The first kappa shape index (κ1) is 20.8. The van der Waals surface area contributed by atoms with Crippen LogP contribution in [-0.4, -0.2) is 46.7 Å². The number of nitrogens with zero attached hydrogens (tertiary/aromatic N) is 4. The topological polar surface area (TPSA) is 90.6 Å². The molecule has 1 amide bonds. The summed E-state index contributed by atoms with van der Waals surface area (Å²) in [5.74, 6) is 2.28. The summed E-state index contributed by atoms with van der Waals surface area (Å²) in [4.78, 5) is 24.6. The smallest absolute Gasteiger partial charge is 0.258 e. The predicted molar refractivity (Wildman–Crippen MR) is 114 cm³/mol. The summed E-state index contributed by atoms with van der Waals surface area (Å²) < 4.78 is 16.2. The van der Waals surface area contributed by atoms with Crippen LogP contribution in [0.5, 0.6) is 11.5 Å². The van der Waals surface area contributed by atoms with Gasteiger partial charge in [0.15, 0.2) is 5.76 Å². The van der Waals surface area contributed by atoms with E-state index in [1.807, 2.05) is 24.8 Å². The Balaban J connectivity index is 1.76. The molecule has 0 unspecified atom stereocenters. The van der Waals surface area contributed by atoms with Crippen LogP contribution in [0.1, 0.15) is 52.9 Å². The maximum atomic E-state index is 13.6. The lowest BCUT2D eigenvalue weighted by Gasteiger charge is -2.36. The molecule has 0 bridgehead atoms. The fourth-order valence-electron chi connectivity index (χ4n) is 4.01. The van der Waals surface area contributed by atoms with E-state index in [9.17, 15) is 4.79 Å². The van der Waals surface area contributed by atoms with E-state index in [2.05, 4.69) is 10.1 Å². The van der Waals surface area contributed by atoms with Gasteiger partial charge in [-0.15, -0.1) is 0 Å². The molecule has 0 saturated carbocycles. The Morgan fingerprint density at radius 2 is 2.00 bits per heavy atom. The third-order valence-corrected chi connectivity index (χ3v) is 5.55. The summed E-state index contributed by atoms with van der Waals surface area (Å²) in [6.45, 7) is 4.35. The summed E-state index contributed by atoms with van der Waals surface area (Å²) in [5, 5.41) is 4.00. The zero-order valence-electron chi connectivity index (χ0n) is 18.2. The second-order valence-corrected chi connectivity index (χ2v) is 7.63. The first-order valence-electron chi connectivity index (χ1n) is 10.3. The Bertz CT molecular complexity index is 1090. The van der Waals surface area contributed by atoms with Crippen LogP contribution in [0.2, 0.25) is 0 Å². The van der Waals surface area contributed by atoms with Gasteiger partial charge in [-0.1, -0.05) is 5.16 Å². The largest absolute Gasteiger partial charge is 0.497 e. The summed E-state index contributed by atoms with van der Waals surface area (Å²) in [5.41, 5.74) is 2.82. The van der Waals surface area contributed by atoms with Crippen LogP contribution < -0.4 is 9.47 Å². The molecule has 0 N–H and O–H groups in total. The number of carbonyl (C=O) groups is 1. The van der Waals surface area contributed by atoms with Crippen molar-refractivity contribution in [3.05, 3.63) is 53.2 Å². The number of methoxy groups -OCH3 is 2. The van der Waals surface area contributed by atoms with Crippen LogP contribution in [-0.2, 0) is 0 Å². The maximum absolute atomic E-state index is 13.6. The second-order valence-electron chi connectivity index (χ2n) is 7.63. The van der Waals surface area contributed by atoms with Crippen molar-refractivity contribution in [2.24, 2.45) is 0 Å². The van der Waals surface area contributed by atoms with E-state index in [4.69, 9.17) is 19.0 Å². The van der Waals surface area contributed by atoms with Gasteiger partial charge in [0.1, 0.15) is 17.3 Å². The SMILES string of the molecule is COc1ccc(C(=O)N2CCCC[C@@H]2c2nc(C)ncc2-c2cc(C)no2)c(OC)c1. The van der Waals surface area contributed by atoms with E-state index in [1.165, 1.54) is 0 Å². The molecule has 1 aliphatic heterocycles. The van der Waals surface area contributed by atoms with Crippen molar-refractivity contribution in [1.29, 1.82) is 0 Å². The summed E-state index contributed by atoms with van der Waals surface area (Å²) >= 11 is 0. The van der Waals surface area contributed by atoms with Gasteiger partial charge in [0.05, 0.1) is 42.8 Å². The zero-order valence-corrected chi connectivity index (χ0v) is 18.2. The highest BCUT2D eigenvalue weighted by Gasteiger charge is 2.33. The predicted octanol–water partition coefficient (Wildman–Crippen LogP) is 4.13. The van der Waals surface area contributed by atoms with Crippen LogP contribution in [0.3, 0.4) is 0 Å². The van der Waals surface area contributed by atoms with Gasteiger partial charge in [-0.3, -0.25) is 4.79 Å². The lowest BCUT2D eigenvalue weighted by molar-refractivity contribution is 0.0602. The van der Waals surface area contributed by atoms with Crippen molar-refractivity contribution in [3.63, 3.8) is 0 Å². The molecule has 1 atom stereocenters. The molecular weight excluding hydrogens is 396 g/mol. The van der Waals surface area contributed by atoms with Crippen molar-refractivity contribution < 1.29 is 18.8 Å². The van der Waals surface area contributed by atoms with Crippen LogP contribution >= 0.6 is 0 Å². The summed E-state index contributed by atoms with van der Waals surface area (Å²) in [6.07, 6.45) is 4.50. The molecular formula is C23H26N4O4. The van der Waals surface area contributed by atoms with Gasteiger partial charge in [-0.05, 0) is 45.2 Å². The van der Waals surface area contributed by atoms with Crippen molar-refractivity contribution >= 4 is 5.91 Å². The number of amides is 1. The van der Waals surface area contributed by atoms with Crippen LogP contribution in [0.4, 0.5) is 0 Å². The van der Waals surface area contributed by atoms with Gasteiger partial charge in [-0.25, -0.2) is 9.97 Å². The Kier molecular flexibility index (Phi) is 5.88. The van der Waals surface area contributed by atoms with Gasteiger partial charge in [0, 0.05) is 24.9 Å².